The van der Waals surface area contributed by atoms with E-state index in [-0.39, 0.29) is 24.7 Å². The van der Waals surface area contributed by atoms with Crippen molar-refractivity contribution in [2.75, 3.05) is 6.61 Å². The lowest BCUT2D eigenvalue weighted by atomic mass is 9.80. The normalized spacial score (nSPS) is 27.8. The van der Waals surface area contributed by atoms with Crippen LogP contribution < -0.4 is 5.32 Å². The van der Waals surface area contributed by atoms with Crippen LogP contribution >= 0.6 is 11.6 Å². The molecule has 6 heteroatoms. The number of amides is 1. The number of carbonyl (C=O) groups excluding carboxylic acids is 2. The van der Waals surface area contributed by atoms with Crippen LogP contribution in [-0.2, 0) is 14.3 Å². The van der Waals surface area contributed by atoms with Crippen molar-refractivity contribution in [1.82, 2.24) is 5.32 Å². The molecule has 0 bridgehead atoms. The molecule has 27 heavy (non-hydrogen) atoms. The molecular weight excluding hydrogens is 366 g/mol. The summed E-state index contributed by atoms with van der Waals surface area (Å²) in [7, 11) is 0. The number of nitrogens with one attached hydrogen (secondary N) is 1. The Morgan fingerprint density at radius 1 is 1.15 bits per heavy atom. The number of hydrogen-bond donors (Lipinski definition) is 2. The molecule has 140 valence electrons. The smallest absolute Gasteiger partial charge is 0.235 e. The van der Waals surface area contributed by atoms with Gasteiger partial charge in [-0.3, -0.25) is 9.59 Å². The molecule has 2 heterocycles. The molecule has 0 aliphatic carbocycles. The zero-order valence-corrected chi connectivity index (χ0v) is 15.6. The van der Waals surface area contributed by atoms with E-state index in [0.717, 1.165) is 16.7 Å². The number of hydrogen-bond acceptors (Lipinski definition) is 4. The maximum absolute atomic E-state index is 13.2. The molecule has 2 aliphatic rings. The lowest BCUT2D eigenvalue weighted by Gasteiger charge is -2.34. The number of aliphatic hydroxyl groups is 1. The third kappa shape index (κ3) is 3.16. The van der Waals surface area contributed by atoms with Gasteiger partial charge in [0.2, 0.25) is 5.91 Å². The van der Waals surface area contributed by atoms with Crippen molar-refractivity contribution in [3.05, 3.63) is 58.6 Å². The van der Waals surface area contributed by atoms with Crippen LogP contribution in [0.2, 0.25) is 5.02 Å². The van der Waals surface area contributed by atoms with Crippen molar-refractivity contribution in [2.24, 2.45) is 0 Å². The number of Topliss-reactive ketones (excluding diaryl/α,β-unsaturated/α-hetero) is 1. The van der Waals surface area contributed by atoms with Crippen molar-refractivity contribution in [1.29, 1.82) is 0 Å². The standard InChI is InChI=1S/C21H20ClNO4/c1-12-2-3-14(13-4-6-15(22)7-5-13)10-16(12)18-19(25)21(23-20(18)26)8-9-27-17(24)11-21/h2-7,10,17-18,24H,8-9,11H2,1H3,(H,23,26). The van der Waals surface area contributed by atoms with Crippen LogP contribution in [0, 0.1) is 6.92 Å². The summed E-state index contributed by atoms with van der Waals surface area (Å²) in [5.74, 6) is -1.38. The summed E-state index contributed by atoms with van der Waals surface area (Å²) in [5.41, 5.74) is 2.42. The summed E-state index contributed by atoms with van der Waals surface area (Å²) in [6, 6.07) is 13.2. The van der Waals surface area contributed by atoms with E-state index >= 15 is 0 Å². The quantitative estimate of drug-likeness (QED) is 0.779. The van der Waals surface area contributed by atoms with E-state index in [9.17, 15) is 14.7 Å². The van der Waals surface area contributed by atoms with Crippen molar-refractivity contribution in [2.45, 2.75) is 37.5 Å². The van der Waals surface area contributed by atoms with E-state index in [2.05, 4.69) is 5.32 Å². The third-order valence-corrected chi connectivity index (χ3v) is 5.74. The lowest BCUT2D eigenvalue weighted by Crippen LogP contribution is -2.53. The van der Waals surface area contributed by atoms with Crippen LogP contribution in [0.3, 0.4) is 0 Å². The maximum atomic E-state index is 13.2. The molecule has 0 saturated carbocycles. The zero-order valence-electron chi connectivity index (χ0n) is 14.9. The lowest BCUT2D eigenvalue weighted by molar-refractivity contribution is -0.157. The monoisotopic (exact) mass is 385 g/mol. The van der Waals surface area contributed by atoms with E-state index in [1.165, 1.54) is 0 Å². The Hall–Kier alpha value is -2.21. The molecule has 2 saturated heterocycles. The Balaban J connectivity index is 1.72. The number of benzene rings is 2. The molecule has 2 aromatic rings. The highest BCUT2D eigenvalue weighted by molar-refractivity contribution is 6.30. The number of carbonyl (C=O) groups is 2. The first-order valence-electron chi connectivity index (χ1n) is 8.92. The fourth-order valence-corrected chi connectivity index (χ4v) is 4.11. The van der Waals surface area contributed by atoms with Gasteiger partial charge in [0.15, 0.2) is 12.1 Å². The molecule has 2 aromatic carbocycles. The Morgan fingerprint density at radius 2 is 1.85 bits per heavy atom. The zero-order chi connectivity index (χ0) is 19.2. The number of ketones is 1. The van der Waals surface area contributed by atoms with E-state index in [1.54, 1.807) is 0 Å². The molecule has 3 unspecified atom stereocenters. The van der Waals surface area contributed by atoms with E-state index in [1.807, 2.05) is 49.4 Å². The topological polar surface area (TPSA) is 75.6 Å². The van der Waals surface area contributed by atoms with Gasteiger partial charge < -0.3 is 15.2 Å². The summed E-state index contributed by atoms with van der Waals surface area (Å²) in [6.07, 6.45) is -0.575. The van der Waals surface area contributed by atoms with Crippen LogP contribution in [0.15, 0.2) is 42.5 Å². The first-order valence-corrected chi connectivity index (χ1v) is 9.30. The van der Waals surface area contributed by atoms with Crippen molar-refractivity contribution in [3.8, 4) is 11.1 Å². The Kier molecular flexibility index (Phi) is 4.54. The van der Waals surface area contributed by atoms with Crippen LogP contribution in [-0.4, -0.2) is 35.2 Å². The SMILES string of the molecule is Cc1ccc(-c2ccc(Cl)cc2)cc1C1C(=O)NC2(CCOC(O)C2)C1=O. The van der Waals surface area contributed by atoms with E-state index < -0.39 is 17.7 Å². The van der Waals surface area contributed by atoms with Crippen LogP contribution in [0.5, 0.6) is 0 Å². The van der Waals surface area contributed by atoms with Gasteiger partial charge in [0.25, 0.3) is 0 Å². The molecule has 2 aliphatic heterocycles. The summed E-state index contributed by atoms with van der Waals surface area (Å²) in [5, 5.41) is 13.3. The molecular formula is C21H20ClNO4. The minimum absolute atomic E-state index is 0.0873. The van der Waals surface area contributed by atoms with Gasteiger partial charge >= 0.3 is 0 Å². The molecule has 4 rings (SSSR count). The fourth-order valence-electron chi connectivity index (χ4n) is 3.99. The average molecular weight is 386 g/mol. The van der Waals surface area contributed by atoms with Crippen molar-refractivity contribution >= 4 is 23.3 Å². The maximum Gasteiger partial charge on any atom is 0.235 e. The second-order valence-electron chi connectivity index (χ2n) is 7.23. The Bertz CT molecular complexity index is 911. The highest BCUT2D eigenvalue weighted by Crippen LogP contribution is 2.39. The van der Waals surface area contributed by atoms with Crippen LogP contribution in [0.4, 0.5) is 0 Å². The molecule has 1 amide bonds. The van der Waals surface area contributed by atoms with Crippen molar-refractivity contribution < 1.29 is 19.4 Å². The van der Waals surface area contributed by atoms with Crippen LogP contribution in [0.1, 0.15) is 29.9 Å². The van der Waals surface area contributed by atoms with Gasteiger partial charge in [-0.25, -0.2) is 0 Å². The van der Waals surface area contributed by atoms with Gasteiger partial charge in [0, 0.05) is 17.9 Å². The first-order chi connectivity index (χ1) is 12.9. The van der Waals surface area contributed by atoms with Crippen LogP contribution in [0.25, 0.3) is 11.1 Å². The van der Waals surface area contributed by atoms with Gasteiger partial charge in [-0.05, 0) is 47.4 Å². The van der Waals surface area contributed by atoms with Gasteiger partial charge in [0.1, 0.15) is 11.5 Å². The third-order valence-electron chi connectivity index (χ3n) is 5.49. The van der Waals surface area contributed by atoms with Crippen molar-refractivity contribution in [3.63, 3.8) is 0 Å². The minimum atomic E-state index is -1.04. The number of aryl methyl sites for hydroxylation is 1. The van der Waals surface area contributed by atoms with Gasteiger partial charge in [-0.2, -0.15) is 0 Å². The van der Waals surface area contributed by atoms with Gasteiger partial charge in [0.05, 0.1) is 6.61 Å². The van der Waals surface area contributed by atoms with E-state index in [4.69, 9.17) is 16.3 Å². The molecule has 0 radical (unpaired) electrons. The molecule has 3 atom stereocenters. The highest BCUT2D eigenvalue weighted by Gasteiger charge is 2.55. The molecule has 2 N–H and O–H groups in total. The predicted molar refractivity (Wildman–Crippen MR) is 101 cm³/mol. The number of aliphatic hydroxyl groups excluding tert-OH is 1. The largest absolute Gasteiger partial charge is 0.368 e. The van der Waals surface area contributed by atoms with Gasteiger partial charge in [-0.1, -0.05) is 35.9 Å². The minimum Gasteiger partial charge on any atom is -0.368 e. The Morgan fingerprint density at radius 3 is 2.56 bits per heavy atom. The summed E-state index contributed by atoms with van der Waals surface area (Å²) < 4.78 is 5.14. The molecule has 5 nitrogen and oxygen atoms in total. The number of halogens is 1. The summed E-state index contributed by atoms with van der Waals surface area (Å²) >= 11 is 5.96. The number of ether oxygens (including phenoxy) is 1. The van der Waals surface area contributed by atoms with E-state index in [0.29, 0.717) is 17.0 Å². The molecule has 1 spiro atoms. The Labute approximate surface area is 162 Å². The predicted octanol–water partition coefficient (Wildman–Crippen LogP) is 2.97. The second kappa shape index (κ2) is 6.75. The summed E-state index contributed by atoms with van der Waals surface area (Å²) in [4.78, 5) is 26.0. The molecule has 2 fully saturated rings. The number of rotatable bonds is 2. The van der Waals surface area contributed by atoms with Gasteiger partial charge in [-0.15, -0.1) is 0 Å². The first kappa shape index (κ1) is 18.2. The summed E-state index contributed by atoms with van der Waals surface area (Å²) in [6.45, 7) is 2.13. The second-order valence-corrected chi connectivity index (χ2v) is 7.66. The average Bonchev–Trinajstić information content (AvgIpc) is 2.86. The highest BCUT2D eigenvalue weighted by atomic mass is 35.5. The molecule has 0 aromatic heterocycles. The fraction of sp³-hybridized carbons (Fsp3) is 0.333.